The summed E-state index contributed by atoms with van der Waals surface area (Å²) in [5, 5.41) is 2.97. The maximum Gasteiger partial charge on any atom is 0.321 e. The summed E-state index contributed by atoms with van der Waals surface area (Å²) in [5.74, 6) is 1.11. The third-order valence-electron chi connectivity index (χ3n) is 4.47. The van der Waals surface area contributed by atoms with Crippen molar-refractivity contribution in [3.63, 3.8) is 0 Å². The number of rotatable bonds is 1. The molecule has 2 aliphatic rings. The third-order valence-corrected chi connectivity index (χ3v) is 4.47. The summed E-state index contributed by atoms with van der Waals surface area (Å²) in [5.41, 5.74) is 8.11. The molecule has 3 atom stereocenters. The minimum absolute atomic E-state index is 0.00667. The fraction of sp³-hybridized carbons (Fsp3) is 0.533. The molecule has 19 heavy (non-hydrogen) atoms. The number of carbonyl (C=O) groups is 1. The van der Waals surface area contributed by atoms with Gasteiger partial charge in [-0.3, -0.25) is 0 Å². The van der Waals surface area contributed by atoms with Crippen LogP contribution >= 0.6 is 0 Å². The summed E-state index contributed by atoms with van der Waals surface area (Å²) in [6, 6.07) is 8.18. The molecular weight excluding hydrogens is 238 g/mol. The number of benzene rings is 1. The van der Waals surface area contributed by atoms with Gasteiger partial charge in [-0.1, -0.05) is 12.1 Å². The van der Waals surface area contributed by atoms with E-state index in [1.54, 1.807) is 0 Å². The summed E-state index contributed by atoms with van der Waals surface area (Å²) in [4.78, 5) is 14.2. The lowest BCUT2D eigenvalue weighted by Crippen LogP contribution is -2.36. The summed E-state index contributed by atoms with van der Waals surface area (Å²) in [6.45, 7) is 3.69. The van der Waals surface area contributed by atoms with Crippen molar-refractivity contribution in [2.75, 3.05) is 18.4 Å². The van der Waals surface area contributed by atoms with Crippen LogP contribution in [0.2, 0.25) is 0 Å². The topological polar surface area (TPSA) is 58.4 Å². The van der Waals surface area contributed by atoms with Crippen LogP contribution in [0.1, 0.15) is 18.4 Å². The van der Waals surface area contributed by atoms with Crippen molar-refractivity contribution in [1.29, 1.82) is 0 Å². The number of urea groups is 1. The quantitative estimate of drug-likeness (QED) is 0.812. The number of nitrogens with zero attached hydrogens (tertiary/aromatic N) is 1. The second-order valence-electron chi connectivity index (χ2n) is 5.87. The number of hydrogen-bond donors (Lipinski definition) is 2. The molecule has 1 saturated heterocycles. The molecule has 3 rings (SSSR count). The molecular formula is C15H21N3O. The smallest absolute Gasteiger partial charge is 0.321 e. The van der Waals surface area contributed by atoms with E-state index in [0.29, 0.717) is 11.8 Å². The van der Waals surface area contributed by atoms with Gasteiger partial charge in [0.1, 0.15) is 0 Å². The van der Waals surface area contributed by atoms with Crippen LogP contribution in [0.3, 0.4) is 0 Å². The van der Waals surface area contributed by atoms with E-state index < -0.39 is 0 Å². The van der Waals surface area contributed by atoms with Crippen molar-refractivity contribution in [2.24, 2.45) is 17.6 Å². The number of carbonyl (C=O) groups excluding carboxylic acids is 1. The number of anilines is 1. The monoisotopic (exact) mass is 259 g/mol. The lowest BCUT2D eigenvalue weighted by molar-refractivity contribution is 0.218. The predicted molar refractivity (Wildman–Crippen MR) is 76.0 cm³/mol. The second kappa shape index (κ2) is 4.85. The Bertz CT molecular complexity index is 488. The second-order valence-corrected chi connectivity index (χ2v) is 5.87. The largest absolute Gasteiger partial charge is 0.327 e. The first kappa shape index (κ1) is 12.5. The van der Waals surface area contributed by atoms with E-state index in [1.165, 1.54) is 6.42 Å². The Labute approximate surface area is 114 Å². The Morgan fingerprint density at radius 1 is 1.37 bits per heavy atom. The molecule has 2 fully saturated rings. The lowest BCUT2D eigenvalue weighted by Gasteiger charge is -2.19. The van der Waals surface area contributed by atoms with Crippen LogP contribution in [-0.2, 0) is 0 Å². The van der Waals surface area contributed by atoms with Crippen molar-refractivity contribution in [3.05, 3.63) is 29.8 Å². The Hall–Kier alpha value is -1.55. The third kappa shape index (κ3) is 2.45. The van der Waals surface area contributed by atoms with Crippen molar-refractivity contribution in [2.45, 2.75) is 25.8 Å². The van der Waals surface area contributed by atoms with Gasteiger partial charge < -0.3 is 16.0 Å². The van der Waals surface area contributed by atoms with Crippen LogP contribution in [0, 0.1) is 18.8 Å². The first-order chi connectivity index (χ1) is 9.13. The highest BCUT2D eigenvalue weighted by Gasteiger charge is 2.42. The molecule has 1 aliphatic heterocycles. The molecule has 2 amide bonds. The van der Waals surface area contributed by atoms with Crippen molar-refractivity contribution in [3.8, 4) is 0 Å². The van der Waals surface area contributed by atoms with Crippen LogP contribution in [0.25, 0.3) is 0 Å². The van der Waals surface area contributed by atoms with Gasteiger partial charge >= 0.3 is 6.03 Å². The molecule has 102 valence electrons. The molecule has 3 N–H and O–H groups in total. The molecule has 1 saturated carbocycles. The van der Waals surface area contributed by atoms with Crippen molar-refractivity contribution >= 4 is 11.7 Å². The van der Waals surface area contributed by atoms with Gasteiger partial charge in [0.25, 0.3) is 0 Å². The van der Waals surface area contributed by atoms with Gasteiger partial charge in [-0.05, 0) is 49.3 Å². The molecule has 0 aromatic heterocycles. The number of aryl methyl sites for hydroxylation is 1. The van der Waals surface area contributed by atoms with E-state index in [-0.39, 0.29) is 12.1 Å². The molecule has 1 aliphatic carbocycles. The van der Waals surface area contributed by atoms with Crippen molar-refractivity contribution in [1.82, 2.24) is 4.90 Å². The lowest BCUT2D eigenvalue weighted by atomic mass is 9.98. The fourth-order valence-electron chi connectivity index (χ4n) is 3.40. The zero-order chi connectivity index (χ0) is 13.4. The van der Waals surface area contributed by atoms with Crippen LogP contribution in [0.5, 0.6) is 0 Å². The van der Waals surface area contributed by atoms with Gasteiger partial charge in [-0.2, -0.15) is 0 Å². The number of nitrogens with one attached hydrogen (secondary N) is 1. The Morgan fingerprint density at radius 3 is 2.95 bits per heavy atom. The molecule has 1 aromatic carbocycles. The highest BCUT2D eigenvalue weighted by Crippen LogP contribution is 2.37. The average Bonchev–Trinajstić information content (AvgIpc) is 2.92. The van der Waals surface area contributed by atoms with E-state index in [4.69, 9.17) is 5.73 Å². The molecule has 0 bridgehead atoms. The highest BCUT2D eigenvalue weighted by atomic mass is 16.2. The molecule has 0 spiro atoms. The number of nitrogens with two attached hydrogens (primary N) is 1. The van der Waals surface area contributed by atoms with E-state index in [1.807, 2.05) is 36.1 Å². The average molecular weight is 259 g/mol. The molecule has 1 aromatic rings. The van der Waals surface area contributed by atoms with E-state index in [2.05, 4.69) is 5.32 Å². The van der Waals surface area contributed by atoms with Crippen LogP contribution in [0.4, 0.5) is 10.5 Å². The maximum absolute atomic E-state index is 12.2. The fourth-order valence-corrected chi connectivity index (χ4v) is 3.40. The van der Waals surface area contributed by atoms with Crippen LogP contribution < -0.4 is 11.1 Å². The Morgan fingerprint density at radius 2 is 2.21 bits per heavy atom. The van der Waals surface area contributed by atoms with Gasteiger partial charge in [0.05, 0.1) is 0 Å². The summed E-state index contributed by atoms with van der Waals surface area (Å²) < 4.78 is 0. The number of amides is 2. The predicted octanol–water partition coefficient (Wildman–Crippen LogP) is 2.20. The number of hydrogen-bond acceptors (Lipinski definition) is 2. The molecule has 0 radical (unpaired) electrons. The summed E-state index contributed by atoms with van der Waals surface area (Å²) in [6.07, 6.45) is 2.28. The van der Waals surface area contributed by atoms with Crippen LogP contribution in [-0.4, -0.2) is 30.1 Å². The summed E-state index contributed by atoms with van der Waals surface area (Å²) >= 11 is 0. The summed E-state index contributed by atoms with van der Waals surface area (Å²) in [7, 11) is 0. The molecule has 4 nitrogen and oxygen atoms in total. The van der Waals surface area contributed by atoms with Gasteiger partial charge in [0, 0.05) is 24.8 Å². The Kier molecular flexibility index (Phi) is 3.19. The normalized spacial score (nSPS) is 29.4. The molecule has 4 heteroatoms. The van der Waals surface area contributed by atoms with Gasteiger partial charge in [0.15, 0.2) is 0 Å². The molecule has 1 heterocycles. The Balaban J connectivity index is 1.63. The molecule has 3 unspecified atom stereocenters. The zero-order valence-corrected chi connectivity index (χ0v) is 11.3. The highest BCUT2D eigenvalue weighted by molar-refractivity contribution is 5.89. The maximum atomic E-state index is 12.2. The van der Waals surface area contributed by atoms with E-state index in [9.17, 15) is 4.79 Å². The minimum atomic E-state index is 0.00667. The van der Waals surface area contributed by atoms with Crippen LogP contribution in [0.15, 0.2) is 24.3 Å². The number of likely N-dealkylation sites (tertiary alicyclic amines) is 1. The van der Waals surface area contributed by atoms with E-state index >= 15 is 0 Å². The standard InChI is InChI=1S/C15H21N3O/c1-10-3-2-4-12(7-10)17-15(19)18-8-11-5-6-14(16)13(11)9-18/h2-4,7,11,13-14H,5-6,8-9,16H2,1H3,(H,17,19). The zero-order valence-electron chi connectivity index (χ0n) is 11.3. The SMILES string of the molecule is Cc1cccc(NC(=O)N2CC3CCC(N)C3C2)c1. The van der Waals surface area contributed by atoms with Crippen molar-refractivity contribution < 1.29 is 4.79 Å². The minimum Gasteiger partial charge on any atom is -0.327 e. The first-order valence-electron chi connectivity index (χ1n) is 7.01. The van der Waals surface area contributed by atoms with E-state index in [0.717, 1.165) is 30.8 Å². The number of fused-ring (bicyclic) bond motifs is 1. The first-order valence-corrected chi connectivity index (χ1v) is 7.01. The van der Waals surface area contributed by atoms with Gasteiger partial charge in [-0.15, -0.1) is 0 Å². The van der Waals surface area contributed by atoms with Gasteiger partial charge in [-0.25, -0.2) is 4.79 Å². The van der Waals surface area contributed by atoms with Gasteiger partial charge in [0.2, 0.25) is 0 Å².